The summed E-state index contributed by atoms with van der Waals surface area (Å²) in [5.74, 6) is 0. The van der Waals surface area contributed by atoms with Crippen molar-refractivity contribution in [2.45, 2.75) is 59.4 Å². The zero-order valence-corrected chi connectivity index (χ0v) is 12.3. The van der Waals surface area contributed by atoms with Gasteiger partial charge in [-0.2, -0.15) is 0 Å². The number of hydrogen-bond acceptors (Lipinski definition) is 2. The van der Waals surface area contributed by atoms with Gasteiger partial charge in [-0.15, -0.1) is 0 Å². The van der Waals surface area contributed by atoms with Crippen molar-refractivity contribution in [3.63, 3.8) is 0 Å². The van der Waals surface area contributed by atoms with Crippen molar-refractivity contribution in [1.29, 1.82) is 0 Å². The van der Waals surface area contributed by atoms with Crippen LogP contribution in [0.2, 0.25) is 0 Å². The first-order valence-corrected chi connectivity index (χ1v) is 7.30. The highest BCUT2D eigenvalue weighted by molar-refractivity contribution is 4.74. The number of nitrogens with one attached hydrogen (secondary N) is 1. The van der Waals surface area contributed by atoms with Gasteiger partial charge in [0.2, 0.25) is 0 Å². The topological polar surface area (TPSA) is 29.9 Å². The van der Waals surface area contributed by atoms with Gasteiger partial charge in [0.15, 0.2) is 0 Å². The molecule has 0 fully saturated rings. The number of imidazole rings is 1. The number of aromatic nitrogens is 2. The zero-order valence-electron chi connectivity index (χ0n) is 12.3. The normalized spacial score (nSPS) is 11.9. The molecule has 3 nitrogen and oxygen atoms in total. The highest BCUT2D eigenvalue weighted by Crippen LogP contribution is 2.22. The van der Waals surface area contributed by atoms with Crippen molar-refractivity contribution in [3.05, 3.63) is 18.7 Å². The number of hydrogen-bond donors (Lipinski definition) is 1. The second-order valence-corrected chi connectivity index (χ2v) is 5.95. The quantitative estimate of drug-likeness (QED) is 0.645. The molecule has 1 heterocycles. The Balaban J connectivity index is 2.02. The maximum atomic E-state index is 4.04. The molecular formula is C15H29N3. The van der Waals surface area contributed by atoms with Crippen LogP contribution < -0.4 is 5.32 Å². The first-order chi connectivity index (χ1) is 8.64. The van der Waals surface area contributed by atoms with E-state index in [1.165, 1.54) is 32.1 Å². The van der Waals surface area contributed by atoms with Gasteiger partial charge < -0.3 is 9.88 Å². The van der Waals surface area contributed by atoms with E-state index in [2.05, 4.69) is 35.6 Å². The van der Waals surface area contributed by atoms with Gasteiger partial charge in [0.05, 0.1) is 6.33 Å². The van der Waals surface area contributed by atoms with Crippen LogP contribution in [0.25, 0.3) is 0 Å². The van der Waals surface area contributed by atoms with Gasteiger partial charge in [-0.1, -0.05) is 40.0 Å². The summed E-state index contributed by atoms with van der Waals surface area (Å²) < 4.78 is 2.13. The largest absolute Gasteiger partial charge is 0.337 e. The number of unbranched alkanes of at least 4 members (excludes halogenated alkanes) is 2. The van der Waals surface area contributed by atoms with Crippen LogP contribution in [0.15, 0.2) is 18.7 Å². The summed E-state index contributed by atoms with van der Waals surface area (Å²) in [5.41, 5.74) is 0.435. The van der Waals surface area contributed by atoms with Crippen molar-refractivity contribution in [2.24, 2.45) is 5.41 Å². The first kappa shape index (κ1) is 15.2. The Hall–Kier alpha value is -0.830. The highest BCUT2D eigenvalue weighted by atomic mass is 15.0. The van der Waals surface area contributed by atoms with Crippen LogP contribution in [0.5, 0.6) is 0 Å². The van der Waals surface area contributed by atoms with Crippen LogP contribution >= 0.6 is 0 Å². The van der Waals surface area contributed by atoms with Gasteiger partial charge >= 0.3 is 0 Å². The van der Waals surface area contributed by atoms with Gasteiger partial charge in [-0.25, -0.2) is 4.98 Å². The Labute approximate surface area is 112 Å². The molecule has 1 aromatic heterocycles. The van der Waals surface area contributed by atoms with Crippen LogP contribution in [0.3, 0.4) is 0 Å². The molecule has 0 radical (unpaired) electrons. The Morgan fingerprint density at radius 3 is 2.72 bits per heavy atom. The predicted octanol–water partition coefficient (Wildman–Crippen LogP) is 3.47. The lowest BCUT2D eigenvalue weighted by molar-refractivity contribution is 0.301. The zero-order chi connectivity index (χ0) is 13.3. The van der Waals surface area contributed by atoms with E-state index in [0.29, 0.717) is 5.41 Å². The fourth-order valence-electron chi connectivity index (χ4n) is 2.17. The number of aryl methyl sites for hydroxylation is 1. The molecule has 1 aromatic rings. The minimum absolute atomic E-state index is 0.435. The van der Waals surface area contributed by atoms with Gasteiger partial charge in [-0.3, -0.25) is 0 Å². The summed E-state index contributed by atoms with van der Waals surface area (Å²) in [6, 6.07) is 0. The second-order valence-electron chi connectivity index (χ2n) is 5.95. The van der Waals surface area contributed by atoms with E-state index < -0.39 is 0 Å². The lowest BCUT2D eigenvalue weighted by Gasteiger charge is -2.25. The van der Waals surface area contributed by atoms with Gasteiger partial charge in [0.1, 0.15) is 0 Å². The predicted molar refractivity (Wildman–Crippen MR) is 77.6 cm³/mol. The molecule has 0 amide bonds. The van der Waals surface area contributed by atoms with Crippen LogP contribution in [0, 0.1) is 5.41 Å². The van der Waals surface area contributed by atoms with Crippen LogP contribution in [0.1, 0.15) is 52.9 Å². The average Bonchev–Trinajstić information content (AvgIpc) is 2.81. The average molecular weight is 251 g/mol. The van der Waals surface area contributed by atoms with E-state index in [0.717, 1.165) is 19.6 Å². The minimum Gasteiger partial charge on any atom is -0.337 e. The molecular weight excluding hydrogens is 222 g/mol. The maximum absolute atomic E-state index is 4.04. The number of rotatable bonds is 10. The molecule has 0 unspecified atom stereocenters. The molecule has 0 aromatic carbocycles. The Bertz CT molecular complexity index is 291. The van der Waals surface area contributed by atoms with E-state index in [9.17, 15) is 0 Å². The standard InChI is InChI=1S/C15H29N3/c1-4-5-6-8-15(2,3)13-16-9-7-11-18-12-10-17-14-18/h10,12,14,16H,4-9,11,13H2,1-3H3. The fraction of sp³-hybridized carbons (Fsp3) is 0.800. The molecule has 0 aliphatic heterocycles. The lowest BCUT2D eigenvalue weighted by atomic mass is 9.87. The van der Waals surface area contributed by atoms with Gasteiger partial charge in [0, 0.05) is 25.5 Å². The first-order valence-electron chi connectivity index (χ1n) is 7.30. The third-order valence-corrected chi connectivity index (χ3v) is 3.39. The summed E-state index contributed by atoms with van der Waals surface area (Å²) in [5, 5.41) is 3.58. The molecule has 1 N–H and O–H groups in total. The Kier molecular flexibility index (Phi) is 7.02. The fourth-order valence-corrected chi connectivity index (χ4v) is 2.17. The molecule has 0 atom stereocenters. The van der Waals surface area contributed by atoms with Crippen molar-refractivity contribution >= 4 is 0 Å². The Morgan fingerprint density at radius 1 is 1.22 bits per heavy atom. The SMILES string of the molecule is CCCCCC(C)(C)CNCCCn1ccnc1. The summed E-state index contributed by atoms with van der Waals surface area (Å²) in [6.07, 6.45) is 12.3. The van der Waals surface area contributed by atoms with E-state index in [1.54, 1.807) is 0 Å². The van der Waals surface area contributed by atoms with E-state index in [1.807, 2.05) is 18.7 Å². The molecule has 18 heavy (non-hydrogen) atoms. The smallest absolute Gasteiger partial charge is 0.0945 e. The molecule has 104 valence electrons. The van der Waals surface area contributed by atoms with Crippen LogP contribution in [-0.4, -0.2) is 22.6 Å². The molecule has 0 spiro atoms. The minimum atomic E-state index is 0.435. The summed E-state index contributed by atoms with van der Waals surface area (Å²) in [6.45, 7) is 10.3. The van der Waals surface area contributed by atoms with Crippen LogP contribution in [0.4, 0.5) is 0 Å². The molecule has 0 bridgehead atoms. The summed E-state index contributed by atoms with van der Waals surface area (Å²) in [4.78, 5) is 4.04. The van der Waals surface area contributed by atoms with Crippen molar-refractivity contribution < 1.29 is 0 Å². The molecule has 0 saturated heterocycles. The highest BCUT2D eigenvalue weighted by Gasteiger charge is 2.16. The molecule has 0 aliphatic rings. The second kappa shape index (κ2) is 8.30. The lowest BCUT2D eigenvalue weighted by Crippen LogP contribution is -2.30. The molecule has 3 heteroatoms. The summed E-state index contributed by atoms with van der Waals surface area (Å²) >= 11 is 0. The van der Waals surface area contributed by atoms with Crippen molar-refractivity contribution in [3.8, 4) is 0 Å². The molecule has 0 saturated carbocycles. The van der Waals surface area contributed by atoms with Gasteiger partial charge in [0.25, 0.3) is 0 Å². The van der Waals surface area contributed by atoms with Crippen LogP contribution in [-0.2, 0) is 6.54 Å². The third kappa shape index (κ3) is 6.80. The third-order valence-electron chi connectivity index (χ3n) is 3.39. The maximum Gasteiger partial charge on any atom is 0.0945 e. The van der Waals surface area contributed by atoms with Crippen molar-refractivity contribution in [2.75, 3.05) is 13.1 Å². The monoisotopic (exact) mass is 251 g/mol. The Morgan fingerprint density at radius 2 is 2.06 bits per heavy atom. The van der Waals surface area contributed by atoms with E-state index in [4.69, 9.17) is 0 Å². The summed E-state index contributed by atoms with van der Waals surface area (Å²) in [7, 11) is 0. The van der Waals surface area contributed by atoms with E-state index >= 15 is 0 Å². The van der Waals surface area contributed by atoms with E-state index in [-0.39, 0.29) is 0 Å². The van der Waals surface area contributed by atoms with Gasteiger partial charge in [-0.05, 0) is 24.8 Å². The number of nitrogens with zero attached hydrogens (tertiary/aromatic N) is 2. The molecule has 1 rings (SSSR count). The molecule has 0 aliphatic carbocycles. The van der Waals surface area contributed by atoms with Crippen molar-refractivity contribution in [1.82, 2.24) is 14.9 Å².